The van der Waals surface area contributed by atoms with Gasteiger partial charge in [0.1, 0.15) is 6.04 Å². The fourth-order valence-corrected chi connectivity index (χ4v) is 3.39. The van der Waals surface area contributed by atoms with Crippen LogP contribution < -0.4 is 10.6 Å². The van der Waals surface area contributed by atoms with Gasteiger partial charge in [-0.05, 0) is 44.0 Å². The molecule has 1 aliphatic rings. The van der Waals surface area contributed by atoms with Crippen molar-refractivity contribution in [1.82, 2.24) is 15.5 Å². The third-order valence-electron chi connectivity index (χ3n) is 5.24. The van der Waals surface area contributed by atoms with E-state index in [1.165, 1.54) is 6.42 Å². The first-order valence-corrected chi connectivity index (χ1v) is 9.44. The van der Waals surface area contributed by atoms with Crippen molar-refractivity contribution >= 4 is 11.8 Å². The average molecular weight is 345 g/mol. The lowest BCUT2D eigenvalue weighted by molar-refractivity contribution is -0.124. The van der Waals surface area contributed by atoms with E-state index in [0.29, 0.717) is 18.2 Å². The van der Waals surface area contributed by atoms with Gasteiger partial charge in [-0.15, -0.1) is 0 Å². The SMILES string of the molecule is CCC(C)C(NC(=O)c1ccccc1)C(=O)NCC1CCCN1CC. The minimum atomic E-state index is -0.505. The van der Waals surface area contributed by atoms with Gasteiger partial charge < -0.3 is 10.6 Å². The summed E-state index contributed by atoms with van der Waals surface area (Å²) in [4.78, 5) is 27.6. The second kappa shape index (κ2) is 9.56. The van der Waals surface area contributed by atoms with E-state index >= 15 is 0 Å². The molecule has 3 unspecified atom stereocenters. The summed E-state index contributed by atoms with van der Waals surface area (Å²) in [7, 11) is 0. The van der Waals surface area contributed by atoms with Gasteiger partial charge in [0.25, 0.3) is 5.91 Å². The number of likely N-dealkylation sites (tertiary alicyclic amines) is 1. The Morgan fingerprint density at radius 1 is 1.24 bits per heavy atom. The average Bonchev–Trinajstić information content (AvgIpc) is 3.11. The first-order valence-electron chi connectivity index (χ1n) is 9.44. The number of carbonyl (C=O) groups excluding carboxylic acids is 2. The number of hydrogen-bond donors (Lipinski definition) is 2. The molecule has 1 aromatic rings. The van der Waals surface area contributed by atoms with E-state index in [1.807, 2.05) is 32.0 Å². The van der Waals surface area contributed by atoms with Gasteiger partial charge in [-0.25, -0.2) is 0 Å². The Hall–Kier alpha value is -1.88. The number of likely N-dealkylation sites (N-methyl/N-ethyl adjacent to an activating group) is 1. The van der Waals surface area contributed by atoms with E-state index < -0.39 is 6.04 Å². The summed E-state index contributed by atoms with van der Waals surface area (Å²) < 4.78 is 0. The van der Waals surface area contributed by atoms with Crippen LogP contribution in [0.25, 0.3) is 0 Å². The molecule has 1 saturated heterocycles. The first kappa shape index (κ1) is 19.4. The van der Waals surface area contributed by atoms with E-state index in [1.54, 1.807) is 12.1 Å². The molecule has 0 saturated carbocycles. The molecule has 0 aromatic heterocycles. The number of benzene rings is 1. The number of nitrogens with zero attached hydrogens (tertiary/aromatic N) is 1. The first-order chi connectivity index (χ1) is 12.1. The van der Waals surface area contributed by atoms with E-state index in [4.69, 9.17) is 0 Å². The summed E-state index contributed by atoms with van der Waals surface area (Å²) in [6, 6.07) is 8.96. The van der Waals surface area contributed by atoms with Crippen LogP contribution in [-0.4, -0.2) is 48.4 Å². The van der Waals surface area contributed by atoms with E-state index in [9.17, 15) is 9.59 Å². The largest absolute Gasteiger partial charge is 0.353 e. The van der Waals surface area contributed by atoms with Crippen molar-refractivity contribution < 1.29 is 9.59 Å². The number of amides is 2. The molecule has 2 amide bonds. The third kappa shape index (κ3) is 5.30. The zero-order valence-electron chi connectivity index (χ0n) is 15.6. The third-order valence-corrected chi connectivity index (χ3v) is 5.24. The van der Waals surface area contributed by atoms with Crippen LogP contribution in [0.2, 0.25) is 0 Å². The molecule has 5 nitrogen and oxygen atoms in total. The number of hydrogen-bond acceptors (Lipinski definition) is 3. The van der Waals surface area contributed by atoms with Gasteiger partial charge in [0.2, 0.25) is 5.91 Å². The topological polar surface area (TPSA) is 61.4 Å². The van der Waals surface area contributed by atoms with Gasteiger partial charge in [0.05, 0.1) is 0 Å². The van der Waals surface area contributed by atoms with E-state index in [0.717, 1.165) is 25.9 Å². The lowest BCUT2D eigenvalue weighted by Crippen LogP contribution is -2.52. The van der Waals surface area contributed by atoms with Crippen LogP contribution in [0.4, 0.5) is 0 Å². The van der Waals surface area contributed by atoms with Crippen LogP contribution in [0.15, 0.2) is 30.3 Å². The second-order valence-electron chi connectivity index (χ2n) is 6.87. The molecule has 5 heteroatoms. The fraction of sp³-hybridized carbons (Fsp3) is 0.600. The molecule has 1 fully saturated rings. The quantitative estimate of drug-likeness (QED) is 0.761. The van der Waals surface area contributed by atoms with Crippen LogP contribution in [-0.2, 0) is 4.79 Å². The van der Waals surface area contributed by atoms with Gasteiger partial charge >= 0.3 is 0 Å². The molecule has 0 aliphatic carbocycles. The van der Waals surface area contributed by atoms with E-state index in [2.05, 4.69) is 22.5 Å². The smallest absolute Gasteiger partial charge is 0.251 e. The molecule has 138 valence electrons. The van der Waals surface area contributed by atoms with Crippen LogP contribution in [0, 0.1) is 5.92 Å². The van der Waals surface area contributed by atoms with Crippen molar-refractivity contribution in [2.75, 3.05) is 19.6 Å². The fourth-order valence-electron chi connectivity index (χ4n) is 3.39. The zero-order valence-corrected chi connectivity index (χ0v) is 15.6. The lowest BCUT2D eigenvalue weighted by atomic mass is 9.97. The molecule has 2 N–H and O–H groups in total. The molecule has 1 aromatic carbocycles. The molecule has 25 heavy (non-hydrogen) atoms. The summed E-state index contributed by atoms with van der Waals surface area (Å²) in [6.07, 6.45) is 3.14. The van der Waals surface area contributed by atoms with Gasteiger partial charge in [0, 0.05) is 18.2 Å². The minimum Gasteiger partial charge on any atom is -0.353 e. The van der Waals surface area contributed by atoms with Crippen LogP contribution in [0.1, 0.15) is 50.4 Å². The van der Waals surface area contributed by atoms with Crippen LogP contribution >= 0.6 is 0 Å². The van der Waals surface area contributed by atoms with Crippen molar-refractivity contribution in [2.24, 2.45) is 5.92 Å². The highest BCUT2D eigenvalue weighted by Crippen LogP contribution is 2.16. The Labute approximate surface area is 151 Å². The summed E-state index contributed by atoms with van der Waals surface area (Å²) in [5.41, 5.74) is 0.580. The Morgan fingerprint density at radius 3 is 2.60 bits per heavy atom. The molecule has 2 rings (SSSR count). The van der Waals surface area contributed by atoms with Crippen molar-refractivity contribution in [3.8, 4) is 0 Å². The number of carbonyl (C=O) groups is 2. The molecule has 1 heterocycles. The Kier molecular flexibility index (Phi) is 7.44. The second-order valence-corrected chi connectivity index (χ2v) is 6.87. The van der Waals surface area contributed by atoms with Crippen LogP contribution in [0.3, 0.4) is 0 Å². The molecule has 3 atom stereocenters. The highest BCUT2D eigenvalue weighted by atomic mass is 16.2. The summed E-state index contributed by atoms with van der Waals surface area (Å²) in [6.45, 7) is 8.97. The van der Waals surface area contributed by atoms with E-state index in [-0.39, 0.29) is 17.7 Å². The minimum absolute atomic E-state index is 0.0819. The Morgan fingerprint density at radius 2 is 1.96 bits per heavy atom. The normalized spacial score (nSPS) is 20.0. The van der Waals surface area contributed by atoms with Crippen molar-refractivity contribution in [2.45, 2.75) is 52.1 Å². The molecule has 0 spiro atoms. The monoisotopic (exact) mass is 345 g/mol. The lowest BCUT2D eigenvalue weighted by Gasteiger charge is -2.27. The van der Waals surface area contributed by atoms with Gasteiger partial charge in [-0.1, -0.05) is 45.4 Å². The van der Waals surface area contributed by atoms with Gasteiger partial charge in [0.15, 0.2) is 0 Å². The molecular weight excluding hydrogens is 314 g/mol. The zero-order chi connectivity index (χ0) is 18.2. The summed E-state index contributed by atoms with van der Waals surface area (Å²) >= 11 is 0. The maximum absolute atomic E-state index is 12.7. The molecular formula is C20H31N3O2. The van der Waals surface area contributed by atoms with Crippen molar-refractivity contribution in [3.05, 3.63) is 35.9 Å². The number of nitrogens with one attached hydrogen (secondary N) is 2. The predicted octanol–water partition coefficient (Wildman–Crippen LogP) is 2.43. The highest BCUT2D eigenvalue weighted by molar-refractivity contribution is 5.97. The summed E-state index contributed by atoms with van der Waals surface area (Å²) in [5, 5.41) is 5.99. The summed E-state index contributed by atoms with van der Waals surface area (Å²) in [5.74, 6) is -0.197. The Bertz CT molecular complexity index is 561. The predicted molar refractivity (Wildman–Crippen MR) is 100 cm³/mol. The maximum Gasteiger partial charge on any atom is 0.251 e. The maximum atomic E-state index is 12.7. The molecule has 1 aliphatic heterocycles. The Balaban J connectivity index is 1.96. The van der Waals surface area contributed by atoms with Gasteiger partial charge in [-0.2, -0.15) is 0 Å². The highest BCUT2D eigenvalue weighted by Gasteiger charge is 2.28. The molecule has 0 radical (unpaired) electrons. The van der Waals surface area contributed by atoms with Gasteiger partial charge in [-0.3, -0.25) is 14.5 Å². The standard InChI is InChI=1S/C20H31N3O2/c1-4-15(3)18(22-19(24)16-10-7-6-8-11-16)20(25)21-14-17-12-9-13-23(17)5-2/h6-8,10-11,15,17-18H,4-5,9,12-14H2,1-3H3,(H,21,25)(H,22,24). The number of rotatable bonds is 8. The molecule has 0 bridgehead atoms. The van der Waals surface area contributed by atoms with Crippen molar-refractivity contribution in [3.63, 3.8) is 0 Å². The van der Waals surface area contributed by atoms with Crippen molar-refractivity contribution in [1.29, 1.82) is 0 Å². The van der Waals surface area contributed by atoms with Crippen LogP contribution in [0.5, 0.6) is 0 Å².